The number of carbonyl (C=O) groups is 1. The van der Waals surface area contributed by atoms with Crippen LogP contribution in [0.4, 0.5) is 0 Å². The van der Waals surface area contributed by atoms with Crippen molar-refractivity contribution in [1.29, 1.82) is 0 Å². The van der Waals surface area contributed by atoms with E-state index in [1.54, 1.807) is 19.0 Å². The first-order valence-electron chi connectivity index (χ1n) is 9.55. The van der Waals surface area contributed by atoms with Crippen LogP contribution >= 0.6 is 24.0 Å². The molecule has 1 amide bonds. The predicted molar refractivity (Wildman–Crippen MR) is 126 cm³/mol. The van der Waals surface area contributed by atoms with Gasteiger partial charge in [-0.15, -0.1) is 24.0 Å². The summed E-state index contributed by atoms with van der Waals surface area (Å²) in [6, 6.07) is 7.83. The molecule has 0 bridgehead atoms. The van der Waals surface area contributed by atoms with E-state index in [0.29, 0.717) is 5.41 Å². The molecule has 1 rings (SSSR count). The van der Waals surface area contributed by atoms with Crippen molar-refractivity contribution in [3.63, 3.8) is 0 Å². The number of nitrogens with zero attached hydrogens (tertiary/aromatic N) is 2. The van der Waals surface area contributed by atoms with Crippen LogP contribution in [0.1, 0.15) is 56.5 Å². The molecule has 0 aliphatic carbocycles. The second kappa shape index (κ2) is 13.0. The fourth-order valence-corrected chi connectivity index (χ4v) is 2.59. The minimum Gasteiger partial charge on any atom is -0.357 e. The Morgan fingerprint density at radius 2 is 1.89 bits per heavy atom. The first-order valence-corrected chi connectivity index (χ1v) is 9.55. The van der Waals surface area contributed by atoms with Crippen molar-refractivity contribution in [2.45, 2.75) is 47.0 Å². The predicted octanol–water partition coefficient (Wildman–Crippen LogP) is 3.93. The van der Waals surface area contributed by atoms with Crippen LogP contribution in [0, 0.1) is 5.41 Å². The van der Waals surface area contributed by atoms with Crippen molar-refractivity contribution in [1.82, 2.24) is 15.5 Å². The Morgan fingerprint density at radius 1 is 1.19 bits per heavy atom. The molecular formula is C21H37IN4O. The lowest BCUT2D eigenvalue weighted by Crippen LogP contribution is -2.38. The summed E-state index contributed by atoms with van der Waals surface area (Å²) < 4.78 is 0. The van der Waals surface area contributed by atoms with Gasteiger partial charge in [-0.3, -0.25) is 9.79 Å². The van der Waals surface area contributed by atoms with Gasteiger partial charge >= 0.3 is 0 Å². The maximum atomic E-state index is 12.1. The number of benzene rings is 1. The van der Waals surface area contributed by atoms with Gasteiger partial charge < -0.3 is 15.5 Å². The van der Waals surface area contributed by atoms with Crippen LogP contribution in [0.15, 0.2) is 29.3 Å². The number of amides is 1. The van der Waals surface area contributed by atoms with Crippen LogP contribution < -0.4 is 10.6 Å². The van der Waals surface area contributed by atoms with Gasteiger partial charge in [0.05, 0.1) is 0 Å². The van der Waals surface area contributed by atoms with Gasteiger partial charge in [0.1, 0.15) is 0 Å². The van der Waals surface area contributed by atoms with Crippen LogP contribution in [-0.2, 0) is 6.42 Å². The zero-order valence-electron chi connectivity index (χ0n) is 17.8. The summed E-state index contributed by atoms with van der Waals surface area (Å²) in [5.41, 5.74) is 2.24. The van der Waals surface area contributed by atoms with Crippen LogP contribution in [-0.4, -0.2) is 50.5 Å². The third kappa shape index (κ3) is 11.2. The van der Waals surface area contributed by atoms with E-state index in [0.717, 1.165) is 49.6 Å². The third-order valence-electron chi connectivity index (χ3n) is 3.99. The molecule has 0 saturated carbocycles. The van der Waals surface area contributed by atoms with Crippen molar-refractivity contribution in [3.05, 3.63) is 35.4 Å². The Kier molecular flexibility index (Phi) is 12.3. The van der Waals surface area contributed by atoms with E-state index < -0.39 is 0 Å². The molecule has 0 spiro atoms. The Hall–Kier alpha value is -1.31. The molecule has 0 fully saturated rings. The van der Waals surface area contributed by atoms with Crippen molar-refractivity contribution < 1.29 is 4.79 Å². The summed E-state index contributed by atoms with van der Waals surface area (Å²) in [5.74, 6) is 0.899. The fourth-order valence-electron chi connectivity index (χ4n) is 2.59. The lowest BCUT2D eigenvalue weighted by molar-refractivity contribution is 0.0827. The zero-order chi connectivity index (χ0) is 19.6. The molecule has 0 aliphatic rings. The van der Waals surface area contributed by atoms with Crippen molar-refractivity contribution in [2.24, 2.45) is 10.4 Å². The van der Waals surface area contributed by atoms with Gasteiger partial charge in [0.2, 0.25) is 0 Å². The molecule has 0 radical (unpaired) electrons. The zero-order valence-corrected chi connectivity index (χ0v) is 20.1. The van der Waals surface area contributed by atoms with Gasteiger partial charge in [-0.25, -0.2) is 0 Å². The number of hydrogen-bond donors (Lipinski definition) is 2. The van der Waals surface area contributed by atoms with Gasteiger partial charge in [-0.1, -0.05) is 32.9 Å². The summed E-state index contributed by atoms with van der Waals surface area (Å²) in [4.78, 5) is 18.3. The Labute approximate surface area is 182 Å². The minimum absolute atomic E-state index is 0. The summed E-state index contributed by atoms with van der Waals surface area (Å²) >= 11 is 0. The fraction of sp³-hybridized carbons (Fsp3) is 0.619. The summed E-state index contributed by atoms with van der Waals surface area (Å²) in [6.45, 7) is 11.3. The summed E-state index contributed by atoms with van der Waals surface area (Å²) in [7, 11) is 3.55. The van der Waals surface area contributed by atoms with E-state index in [1.807, 2.05) is 18.2 Å². The molecule has 0 heterocycles. The largest absolute Gasteiger partial charge is 0.357 e. The Bertz CT molecular complexity index is 594. The highest BCUT2D eigenvalue weighted by Gasteiger charge is 2.09. The highest BCUT2D eigenvalue weighted by Crippen LogP contribution is 2.20. The quantitative estimate of drug-likeness (QED) is 0.252. The molecule has 0 atom stereocenters. The average molecular weight is 488 g/mol. The first kappa shape index (κ1) is 25.7. The van der Waals surface area contributed by atoms with E-state index in [4.69, 9.17) is 0 Å². The number of carbonyl (C=O) groups excluding carboxylic acids is 1. The van der Waals surface area contributed by atoms with E-state index in [2.05, 4.69) is 49.4 Å². The maximum Gasteiger partial charge on any atom is 0.253 e. The van der Waals surface area contributed by atoms with E-state index in [9.17, 15) is 4.79 Å². The van der Waals surface area contributed by atoms with Gasteiger partial charge in [0, 0.05) is 39.3 Å². The highest BCUT2D eigenvalue weighted by atomic mass is 127. The molecule has 2 N–H and O–H groups in total. The molecular weight excluding hydrogens is 451 g/mol. The number of aliphatic imine (C=N–C) groups is 1. The number of halogens is 1. The standard InChI is InChI=1S/C21H36N4O.HI/c1-7-22-20(23-14-9-13-21(2,3)4)24-15-12-17-10-8-11-18(16-17)19(26)25(5)6;/h8,10-11,16H,7,9,12-15H2,1-6H3,(H2,22,23,24);1H. The number of hydrogen-bond acceptors (Lipinski definition) is 2. The molecule has 27 heavy (non-hydrogen) atoms. The van der Waals surface area contributed by atoms with Crippen LogP contribution in [0.3, 0.4) is 0 Å². The number of nitrogens with one attached hydrogen (secondary N) is 2. The smallest absolute Gasteiger partial charge is 0.253 e. The second-order valence-electron chi connectivity index (χ2n) is 8.00. The third-order valence-corrected chi connectivity index (χ3v) is 3.99. The SMILES string of the molecule is CCNC(=NCCCC(C)(C)C)NCCc1cccc(C(=O)N(C)C)c1.I. The summed E-state index contributed by atoms with van der Waals surface area (Å²) in [5, 5.41) is 6.67. The van der Waals surface area contributed by atoms with Crippen molar-refractivity contribution in [2.75, 3.05) is 33.7 Å². The molecule has 5 nitrogen and oxygen atoms in total. The molecule has 0 aromatic heterocycles. The Morgan fingerprint density at radius 3 is 2.48 bits per heavy atom. The van der Waals surface area contributed by atoms with E-state index in [1.165, 1.54) is 6.42 Å². The van der Waals surface area contributed by atoms with Crippen LogP contribution in [0.2, 0.25) is 0 Å². The molecule has 6 heteroatoms. The summed E-state index contributed by atoms with van der Waals surface area (Å²) in [6.07, 6.45) is 3.11. The second-order valence-corrected chi connectivity index (χ2v) is 8.00. The lowest BCUT2D eigenvalue weighted by Gasteiger charge is -2.17. The van der Waals surface area contributed by atoms with Gasteiger partial charge in [0.15, 0.2) is 5.96 Å². The molecule has 0 unspecified atom stereocenters. The molecule has 1 aromatic carbocycles. The Balaban J connectivity index is 0.00000676. The van der Waals surface area contributed by atoms with Gasteiger partial charge in [-0.05, 0) is 49.3 Å². The topological polar surface area (TPSA) is 56.7 Å². The van der Waals surface area contributed by atoms with Gasteiger partial charge in [0.25, 0.3) is 5.91 Å². The van der Waals surface area contributed by atoms with Gasteiger partial charge in [-0.2, -0.15) is 0 Å². The number of guanidine groups is 1. The number of rotatable bonds is 8. The molecule has 154 valence electrons. The lowest BCUT2D eigenvalue weighted by atomic mass is 9.91. The molecule has 0 saturated heterocycles. The highest BCUT2D eigenvalue weighted by molar-refractivity contribution is 14.0. The van der Waals surface area contributed by atoms with Crippen LogP contribution in [0.25, 0.3) is 0 Å². The maximum absolute atomic E-state index is 12.1. The van der Waals surface area contributed by atoms with Crippen LogP contribution in [0.5, 0.6) is 0 Å². The van der Waals surface area contributed by atoms with Crippen molar-refractivity contribution >= 4 is 35.8 Å². The molecule has 1 aromatic rings. The minimum atomic E-state index is 0. The van der Waals surface area contributed by atoms with E-state index in [-0.39, 0.29) is 29.9 Å². The van der Waals surface area contributed by atoms with Crippen molar-refractivity contribution in [3.8, 4) is 0 Å². The molecule has 0 aliphatic heterocycles. The normalized spacial score (nSPS) is 11.6. The first-order chi connectivity index (χ1) is 12.2. The average Bonchev–Trinajstić information content (AvgIpc) is 2.57. The van der Waals surface area contributed by atoms with E-state index >= 15 is 0 Å². The monoisotopic (exact) mass is 488 g/mol.